The second-order valence-corrected chi connectivity index (χ2v) is 8.50. The summed E-state index contributed by atoms with van der Waals surface area (Å²) in [5, 5.41) is 2.79. The second-order valence-electron chi connectivity index (χ2n) is 6.56. The maximum atomic E-state index is 12.7. The lowest BCUT2D eigenvalue weighted by atomic mass is 10.2. The molecule has 1 aliphatic heterocycles. The number of hydrogen-bond donors (Lipinski definition) is 1. The summed E-state index contributed by atoms with van der Waals surface area (Å²) in [7, 11) is -3.44. The summed E-state index contributed by atoms with van der Waals surface area (Å²) in [6.45, 7) is 4.99. The van der Waals surface area contributed by atoms with Gasteiger partial charge in [0, 0.05) is 38.9 Å². The zero-order valence-electron chi connectivity index (χ0n) is 16.0. The highest BCUT2D eigenvalue weighted by Crippen LogP contribution is 2.20. The quantitative estimate of drug-likeness (QED) is 0.516. The molecule has 1 aliphatic rings. The van der Waals surface area contributed by atoms with Gasteiger partial charge in [0.1, 0.15) is 0 Å². The van der Waals surface area contributed by atoms with Gasteiger partial charge in [0.2, 0.25) is 15.9 Å². The smallest absolute Gasteiger partial charge is 0.244 e. The van der Waals surface area contributed by atoms with Crippen molar-refractivity contribution < 1.29 is 17.9 Å². The molecule has 1 amide bonds. The first-order valence-electron chi connectivity index (χ1n) is 9.68. The van der Waals surface area contributed by atoms with E-state index in [1.807, 2.05) is 6.92 Å². The number of nitrogens with one attached hydrogen (secondary N) is 1. The third-order valence-corrected chi connectivity index (χ3v) is 6.39. The van der Waals surface area contributed by atoms with E-state index in [1.54, 1.807) is 34.6 Å². The molecule has 0 bridgehead atoms. The van der Waals surface area contributed by atoms with Crippen molar-refractivity contribution in [3.05, 3.63) is 35.9 Å². The molecule has 2 rings (SSSR count). The van der Waals surface area contributed by atoms with E-state index in [0.717, 1.165) is 37.7 Å². The molecule has 1 aromatic rings. The average molecular weight is 395 g/mol. The molecule has 0 atom stereocenters. The Morgan fingerprint density at radius 3 is 2.44 bits per heavy atom. The lowest BCUT2D eigenvalue weighted by molar-refractivity contribution is -0.116. The van der Waals surface area contributed by atoms with Gasteiger partial charge in [-0.05, 0) is 50.0 Å². The maximum absolute atomic E-state index is 12.7. The van der Waals surface area contributed by atoms with Crippen LogP contribution in [0, 0.1) is 0 Å². The fraction of sp³-hybridized carbons (Fsp3) is 0.550. The molecule has 1 aromatic carbocycles. The van der Waals surface area contributed by atoms with Crippen LogP contribution in [-0.2, 0) is 19.6 Å². The largest absolute Gasteiger partial charge is 0.382 e. The first-order valence-corrected chi connectivity index (χ1v) is 11.1. The Kier molecular flexibility index (Phi) is 8.97. The molecule has 0 saturated carbocycles. The molecule has 0 aliphatic carbocycles. The predicted octanol–water partition coefficient (Wildman–Crippen LogP) is 2.81. The van der Waals surface area contributed by atoms with Crippen molar-refractivity contribution in [3.63, 3.8) is 0 Å². The molecule has 7 heteroatoms. The van der Waals surface area contributed by atoms with E-state index in [0.29, 0.717) is 37.7 Å². The summed E-state index contributed by atoms with van der Waals surface area (Å²) < 4.78 is 32.3. The Morgan fingerprint density at radius 1 is 1.15 bits per heavy atom. The fourth-order valence-electron chi connectivity index (χ4n) is 2.94. The number of sulfonamides is 1. The molecule has 6 nitrogen and oxygen atoms in total. The van der Waals surface area contributed by atoms with Gasteiger partial charge in [-0.1, -0.05) is 25.0 Å². The standard InChI is InChI=1S/C20H30N2O4S/c1-2-26-17-7-14-21-20(23)13-10-18-8-11-19(12-9-18)27(24,25)22-15-5-3-4-6-16-22/h8-13H,2-7,14-17H2,1H3,(H,21,23)/b13-10+. The Morgan fingerprint density at radius 2 is 1.81 bits per heavy atom. The summed E-state index contributed by atoms with van der Waals surface area (Å²) in [4.78, 5) is 12.1. The second kappa shape index (κ2) is 11.2. The van der Waals surface area contributed by atoms with Gasteiger partial charge in [-0.25, -0.2) is 8.42 Å². The molecule has 150 valence electrons. The van der Waals surface area contributed by atoms with E-state index in [2.05, 4.69) is 5.32 Å². The van der Waals surface area contributed by atoms with Crippen molar-refractivity contribution in [2.75, 3.05) is 32.8 Å². The van der Waals surface area contributed by atoms with Crippen molar-refractivity contribution in [2.24, 2.45) is 0 Å². The SMILES string of the molecule is CCOCCCNC(=O)/C=C/c1ccc(S(=O)(=O)N2CCCCCC2)cc1. The molecule has 1 fully saturated rings. The predicted molar refractivity (Wildman–Crippen MR) is 107 cm³/mol. The average Bonchev–Trinajstić information content (AvgIpc) is 2.96. The number of nitrogens with zero attached hydrogens (tertiary/aromatic N) is 1. The minimum absolute atomic E-state index is 0.173. The Balaban J connectivity index is 1.89. The van der Waals surface area contributed by atoms with Crippen LogP contribution in [0.3, 0.4) is 0 Å². The minimum atomic E-state index is -3.44. The van der Waals surface area contributed by atoms with Crippen LogP contribution in [0.5, 0.6) is 0 Å². The van der Waals surface area contributed by atoms with Gasteiger partial charge in [0.15, 0.2) is 0 Å². The highest BCUT2D eigenvalue weighted by molar-refractivity contribution is 7.89. The molecule has 27 heavy (non-hydrogen) atoms. The first-order chi connectivity index (χ1) is 13.0. The van der Waals surface area contributed by atoms with Gasteiger partial charge < -0.3 is 10.1 Å². The van der Waals surface area contributed by atoms with Gasteiger partial charge >= 0.3 is 0 Å². The van der Waals surface area contributed by atoms with E-state index in [1.165, 1.54) is 6.08 Å². The topological polar surface area (TPSA) is 75.7 Å². The number of rotatable bonds is 9. The Labute approximate surface area is 162 Å². The number of benzene rings is 1. The van der Waals surface area contributed by atoms with Crippen LogP contribution in [0.4, 0.5) is 0 Å². The molecular formula is C20H30N2O4S. The third-order valence-electron chi connectivity index (χ3n) is 4.48. The number of ether oxygens (including phenoxy) is 1. The van der Waals surface area contributed by atoms with Gasteiger partial charge in [-0.2, -0.15) is 4.31 Å². The van der Waals surface area contributed by atoms with Crippen LogP contribution in [-0.4, -0.2) is 51.5 Å². The van der Waals surface area contributed by atoms with Crippen molar-refractivity contribution in [1.29, 1.82) is 0 Å². The molecule has 1 heterocycles. The molecule has 1 saturated heterocycles. The summed E-state index contributed by atoms with van der Waals surface area (Å²) in [5.41, 5.74) is 0.786. The van der Waals surface area contributed by atoms with Gasteiger partial charge in [0.25, 0.3) is 0 Å². The van der Waals surface area contributed by atoms with E-state index < -0.39 is 10.0 Å². The van der Waals surface area contributed by atoms with E-state index in [9.17, 15) is 13.2 Å². The zero-order valence-corrected chi connectivity index (χ0v) is 16.8. The maximum Gasteiger partial charge on any atom is 0.244 e. The van der Waals surface area contributed by atoms with E-state index >= 15 is 0 Å². The lowest BCUT2D eigenvalue weighted by Gasteiger charge is -2.19. The molecule has 0 aromatic heterocycles. The first kappa shape index (κ1) is 21.6. The Hall–Kier alpha value is -1.70. The molecular weight excluding hydrogens is 364 g/mol. The van der Waals surface area contributed by atoms with Crippen LogP contribution in [0.15, 0.2) is 35.2 Å². The molecule has 0 spiro atoms. The monoisotopic (exact) mass is 394 g/mol. The van der Waals surface area contributed by atoms with Crippen LogP contribution >= 0.6 is 0 Å². The number of hydrogen-bond acceptors (Lipinski definition) is 4. The van der Waals surface area contributed by atoms with Crippen molar-refractivity contribution >= 4 is 22.0 Å². The van der Waals surface area contributed by atoms with Gasteiger partial charge in [0.05, 0.1) is 4.90 Å². The van der Waals surface area contributed by atoms with Crippen LogP contribution in [0.1, 0.15) is 44.6 Å². The zero-order chi connectivity index (χ0) is 19.5. The van der Waals surface area contributed by atoms with Crippen molar-refractivity contribution in [3.8, 4) is 0 Å². The Bertz CT molecular complexity index is 706. The van der Waals surface area contributed by atoms with Crippen LogP contribution in [0.2, 0.25) is 0 Å². The highest BCUT2D eigenvalue weighted by Gasteiger charge is 2.24. The summed E-state index contributed by atoms with van der Waals surface area (Å²) in [6, 6.07) is 6.67. The minimum Gasteiger partial charge on any atom is -0.382 e. The molecule has 1 N–H and O–H groups in total. The lowest BCUT2D eigenvalue weighted by Crippen LogP contribution is -2.31. The van der Waals surface area contributed by atoms with Crippen molar-refractivity contribution in [2.45, 2.75) is 43.9 Å². The number of carbonyl (C=O) groups is 1. The highest BCUT2D eigenvalue weighted by atomic mass is 32.2. The van der Waals surface area contributed by atoms with Crippen molar-refractivity contribution in [1.82, 2.24) is 9.62 Å². The van der Waals surface area contributed by atoms with Gasteiger partial charge in [-0.15, -0.1) is 0 Å². The fourth-order valence-corrected chi connectivity index (χ4v) is 4.46. The van der Waals surface area contributed by atoms with Crippen LogP contribution in [0.25, 0.3) is 6.08 Å². The molecule has 0 radical (unpaired) electrons. The number of amides is 1. The normalized spacial score (nSPS) is 16.3. The van der Waals surface area contributed by atoms with E-state index in [4.69, 9.17) is 4.74 Å². The molecule has 0 unspecified atom stereocenters. The summed E-state index contributed by atoms with van der Waals surface area (Å²) in [5.74, 6) is -0.173. The summed E-state index contributed by atoms with van der Waals surface area (Å²) >= 11 is 0. The van der Waals surface area contributed by atoms with Crippen LogP contribution < -0.4 is 5.32 Å². The van der Waals surface area contributed by atoms with E-state index in [-0.39, 0.29) is 5.91 Å². The number of carbonyl (C=O) groups excluding carboxylic acids is 1. The summed E-state index contributed by atoms with van der Waals surface area (Å²) in [6.07, 6.45) is 7.92. The third kappa shape index (κ3) is 7.08. The van der Waals surface area contributed by atoms with Gasteiger partial charge in [-0.3, -0.25) is 4.79 Å².